The lowest BCUT2D eigenvalue weighted by Crippen LogP contribution is -2.43. The van der Waals surface area contributed by atoms with E-state index in [0.717, 1.165) is 31.2 Å². The lowest BCUT2D eigenvalue weighted by Gasteiger charge is -2.31. The zero-order chi connectivity index (χ0) is 22.6. The Morgan fingerprint density at radius 3 is 2.34 bits per heavy atom. The predicted molar refractivity (Wildman–Crippen MR) is 127 cm³/mol. The molecule has 1 unspecified atom stereocenters. The molecule has 0 bridgehead atoms. The second kappa shape index (κ2) is 10.1. The number of hydrogen-bond donors (Lipinski definition) is 1. The Labute approximate surface area is 191 Å². The summed E-state index contributed by atoms with van der Waals surface area (Å²) in [5, 5.41) is 2.99. The van der Waals surface area contributed by atoms with E-state index in [2.05, 4.69) is 29.3 Å². The van der Waals surface area contributed by atoms with Gasteiger partial charge < -0.3 is 5.32 Å². The van der Waals surface area contributed by atoms with Gasteiger partial charge in [-0.15, -0.1) is 0 Å². The molecule has 2 saturated heterocycles. The Kier molecular flexibility index (Phi) is 7.28. The molecule has 0 spiro atoms. The molecular weight excluding hydrogens is 422 g/mol. The minimum Gasteiger partial charge on any atom is -0.326 e. The Hall–Kier alpha value is -2.22. The predicted octanol–water partition coefficient (Wildman–Crippen LogP) is 3.96. The average Bonchev–Trinajstić information content (AvgIpc) is 2.82. The van der Waals surface area contributed by atoms with Crippen LogP contribution < -0.4 is 5.32 Å². The number of nitrogens with one attached hydrogen (secondary N) is 1. The monoisotopic (exact) mass is 455 g/mol. The van der Waals surface area contributed by atoms with Crippen molar-refractivity contribution in [2.24, 2.45) is 11.8 Å². The third kappa shape index (κ3) is 5.57. The van der Waals surface area contributed by atoms with Crippen molar-refractivity contribution in [3.63, 3.8) is 0 Å². The summed E-state index contributed by atoms with van der Waals surface area (Å²) in [6.45, 7) is 6.21. The molecule has 1 atom stereocenters. The van der Waals surface area contributed by atoms with E-state index in [0.29, 0.717) is 19.4 Å². The number of anilines is 1. The minimum atomic E-state index is -3.58. The molecule has 32 heavy (non-hydrogen) atoms. The highest BCUT2D eigenvalue weighted by Crippen LogP contribution is 2.25. The van der Waals surface area contributed by atoms with Crippen molar-refractivity contribution >= 4 is 21.6 Å². The van der Waals surface area contributed by atoms with Crippen molar-refractivity contribution in [2.45, 2.75) is 44.0 Å². The van der Waals surface area contributed by atoms with Crippen molar-refractivity contribution in [1.29, 1.82) is 0 Å². The number of likely N-dealkylation sites (tertiary alicyclic amines) is 1. The maximum Gasteiger partial charge on any atom is 0.243 e. The molecule has 2 fully saturated rings. The fourth-order valence-electron chi connectivity index (χ4n) is 4.53. The highest BCUT2D eigenvalue weighted by atomic mass is 32.2. The number of carbonyl (C=O) groups is 1. The summed E-state index contributed by atoms with van der Waals surface area (Å²) in [5.74, 6) is 0.357. The minimum absolute atomic E-state index is 0.115. The molecule has 2 aliphatic rings. The zero-order valence-electron chi connectivity index (χ0n) is 18.7. The highest BCUT2D eigenvalue weighted by molar-refractivity contribution is 7.89. The fourth-order valence-corrected chi connectivity index (χ4v) is 6.08. The van der Waals surface area contributed by atoms with Crippen LogP contribution in [0.25, 0.3) is 0 Å². The van der Waals surface area contributed by atoms with Crippen molar-refractivity contribution in [3.05, 3.63) is 60.2 Å². The fraction of sp³-hybridized carbons (Fsp3) is 0.480. The van der Waals surface area contributed by atoms with Crippen LogP contribution in [-0.4, -0.2) is 49.7 Å². The van der Waals surface area contributed by atoms with Gasteiger partial charge in [-0.1, -0.05) is 37.3 Å². The SMILES string of the molecule is CC1CCN(Cc2ccc(NC(=O)C3CCCN(S(=O)(=O)c4ccccc4)C3)cc2)CC1. The van der Waals surface area contributed by atoms with E-state index < -0.39 is 10.0 Å². The van der Waals surface area contributed by atoms with Gasteiger partial charge in [0.25, 0.3) is 0 Å². The summed E-state index contributed by atoms with van der Waals surface area (Å²) in [5.41, 5.74) is 2.00. The van der Waals surface area contributed by atoms with E-state index in [1.165, 1.54) is 22.7 Å². The standard InChI is InChI=1S/C25H33N3O3S/c1-20-13-16-27(17-14-20)18-21-9-11-23(12-10-21)26-25(29)22-6-5-15-28(19-22)32(30,31)24-7-3-2-4-8-24/h2-4,7-12,20,22H,5-6,13-19H2,1H3,(H,26,29). The summed E-state index contributed by atoms with van der Waals surface area (Å²) in [6, 6.07) is 16.5. The molecule has 2 heterocycles. The van der Waals surface area contributed by atoms with E-state index in [-0.39, 0.29) is 23.3 Å². The molecule has 1 amide bonds. The van der Waals surface area contributed by atoms with Gasteiger partial charge in [0, 0.05) is 25.3 Å². The first-order chi connectivity index (χ1) is 15.4. The molecule has 6 nitrogen and oxygen atoms in total. The zero-order valence-corrected chi connectivity index (χ0v) is 19.6. The van der Waals surface area contributed by atoms with Crippen LogP contribution in [0.5, 0.6) is 0 Å². The first kappa shape index (κ1) is 23.0. The molecule has 0 aliphatic carbocycles. The normalized spacial score (nSPS) is 21.3. The summed E-state index contributed by atoms with van der Waals surface area (Å²) < 4.78 is 27.3. The largest absolute Gasteiger partial charge is 0.326 e. The van der Waals surface area contributed by atoms with Gasteiger partial charge in [0.05, 0.1) is 10.8 Å². The third-order valence-electron chi connectivity index (χ3n) is 6.64. The number of amides is 1. The Morgan fingerprint density at radius 1 is 0.969 bits per heavy atom. The van der Waals surface area contributed by atoms with Crippen molar-refractivity contribution in [1.82, 2.24) is 9.21 Å². The van der Waals surface area contributed by atoms with Crippen LogP contribution in [0.15, 0.2) is 59.5 Å². The highest BCUT2D eigenvalue weighted by Gasteiger charge is 2.33. The lowest BCUT2D eigenvalue weighted by atomic mass is 9.98. The molecule has 172 valence electrons. The third-order valence-corrected chi connectivity index (χ3v) is 8.52. The van der Waals surface area contributed by atoms with Crippen LogP contribution in [0.1, 0.15) is 38.2 Å². The molecule has 0 aromatic heterocycles. The van der Waals surface area contributed by atoms with E-state index in [4.69, 9.17) is 0 Å². The van der Waals surface area contributed by atoms with Crippen molar-refractivity contribution < 1.29 is 13.2 Å². The quantitative estimate of drug-likeness (QED) is 0.716. The topological polar surface area (TPSA) is 69.7 Å². The molecule has 2 aromatic carbocycles. The number of carbonyl (C=O) groups excluding carboxylic acids is 1. The Bertz CT molecular complexity index is 1000. The summed E-state index contributed by atoms with van der Waals surface area (Å²) in [4.78, 5) is 15.6. The number of piperidine rings is 2. The maximum atomic E-state index is 12.9. The molecule has 7 heteroatoms. The average molecular weight is 456 g/mol. The van der Waals surface area contributed by atoms with Crippen molar-refractivity contribution in [3.8, 4) is 0 Å². The molecule has 4 rings (SSSR count). The molecular formula is C25H33N3O3S. The van der Waals surface area contributed by atoms with Gasteiger partial charge in [-0.3, -0.25) is 9.69 Å². The van der Waals surface area contributed by atoms with Gasteiger partial charge in [-0.05, 0) is 74.5 Å². The smallest absolute Gasteiger partial charge is 0.243 e. The van der Waals surface area contributed by atoms with Gasteiger partial charge in [-0.25, -0.2) is 8.42 Å². The number of nitrogens with zero attached hydrogens (tertiary/aromatic N) is 2. The molecule has 2 aliphatic heterocycles. The summed E-state index contributed by atoms with van der Waals surface area (Å²) >= 11 is 0. The van der Waals surface area contributed by atoms with Gasteiger partial charge in [0.1, 0.15) is 0 Å². The summed E-state index contributed by atoms with van der Waals surface area (Å²) in [6.07, 6.45) is 3.88. The van der Waals surface area contributed by atoms with E-state index in [9.17, 15) is 13.2 Å². The van der Waals surface area contributed by atoms with E-state index >= 15 is 0 Å². The van der Waals surface area contributed by atoms with E-state index in [1.807, 2.05) is 12.1 Å². The maximum absolute atomic E-state index is 12.9. The molecule has 1 N–H and O–H groups in total. The molecule has 0 radical (unpaired) electrons. The van der Waals surface area contributed by atoms with Crippen LogP contribution >= 0.6 is 0 Å². The first-order valence-corrected chi connectivity index (χ1v) is 13.0. The number of hydrogen-bond acceptors (Lipinski definition) is 4. The molecule has 2 aromatic rings. The second-order valence-electron chi connectivity index (χ2n) is 9.16. The Balaban J connectivity index is 1.33. The number of rotatable bonds is 6. The van der Waals surface area contributed by atoms with Crippen LogP contribution in [0.4, 0.5) is 5.69 Å². The molecule has 0 saturated carbocycles. The van der Waals surface area contributed by atoms with Crippen LogP contribution in [0.3, 0.4) is 0 Å². The van der Waals surface area contributed by atoms with Gasteiger partial charge in [0.15, 0.2) is 0 Å². The lowest BCUT2D eigenvalue weighted by molar-refractivity contribution is -0.120. The number of sulfonamides is 1. The Morgan fingerprint density at radius 2 is 1.66 bits per heavy atom. The first-order valence-electron chi connectivity index (χ1n) is 11.6. The van der Waals surface area contributed by atoms with Gasteiger partial charge in [-0.2, -0.15) is 4.31 Å². The number of benzene rings is 2. The second-order valence-corrected chi connectivity index (χ2v) is 11.1. The van der Waals surface area contributed by atoms with Gasteiger partial charge >= 0.3 is 0 Å². The van der Waals surface area contributed by atoms with Crippen LogP contribution in [-0.2, 0) is 21.4 Å². The summed E-state index contributed by atoms with van der Waals surface area (Å²) in [7, 11) is -3.58. The van der Waals surface area contributed by atoms with E-state index in [1.54, 1.807) is 30.3 Å². The van der Waals surface area contributed by atoms with Gasteiger partial charge in [0.2, 0.25) is 15.9 Å². The van der Waals surface area contributed by atoms with Crippen LogP contribution in [0.2, 0.25) is 0 Å². The van der Waals surface area contributed by atoms with Crippen molar-refractivity contribution in [2.75, 3.05) is 31.5 Å². The van der Waals surface area contributed by atoms with Crippen LogP contribution in [0, 0.1) is 11.8 Å².